The van der Waals surface area contributed by atoms with Gasteiger partial charge in [-0.25, -0.2) is 0 Å². The van der Waals surface area contributed by atoms with Crippen molar-refractivity contribution in [3.05, 3.63) is 11.6 Å². The predicted octanol–water partition coefficient (Wildman–Crippen LogP) is 4.10. The van der Waals surface area contributed by atoms with E-state index in [9.17, 15) is 0 Å². The molecule has 2 heteroatoms. The van der Waals surface area contributed by atoms with Crippen molar-refractivity contribution in [1.82, 2.24) is 0 Å². The van der Waals surface area contributed by atoms with Crippen molar-refractivity contribution in [3.63, 3.8) is 0 Å². The highest BCUT2D eigenvalue weighted by Crippen LogP contribution is 2.31. The molecule has 0 spiro atoms. The normalized spacial score (nSPS) is 24.3. The first-order chi connectivity index (χ1) is 5.51. The van der Waals surface area contributed by atoms with Crippen molar-refractivity contribution in [2.24, 2.45) is 5.92 Å². The molecule has 0 radical (unpaired) electrons. The van der Waals surface area contributed by atoms with Crippen LogP contribution >= 0.6 is 22.6 Å². The van der Waals surface area contributed by atoms with E-state index in [2.05, 4.69) is 48.3 Å². The number of allylic oxidation sites excluding steroid dienone is 2. The largest absolute Gasteiger partial charge is 0.0857 e. The van der Waals surface area contributed by atoms with E-state index in [4.69, 9.17) is 0 Å². The summed E-state index contributed by atoms with van der Waals surface area (Å²) in [6.45, 7) is 7.39. The number of hydrogen-bond donors (Lipinski definition) is 0. The van der Waals surface area contributed by atoms with Crippen LogP contribution in [0.3, 0.4) is 0 Å². The fourth-order valence-corrected chi connectivity index (χ4v) is 4.17. The Kier molecular flexibility index (Phi) is 3.83. The molecule has 0 saturated heterocycles. The van der Waals surface area contributed by atoms with E-state index in [0.717, 1.165) is 5.92 Å². The molecule has 1 rings (SSSR count). The molecule has 1 aliphatic rings. The van der Waals surface area contributed by atoms with Gasteiger partial charge in [0.1, 0.15) is 0 Å². The zero-order valence-electron chi connectivity index (χ0n) is 8.36. The molecule has 0 heterocycles. The molecule has 1 unspecified atom stereocenters. The number of halogens is 1. The molecule has 0 aromatic heterocycles. The van der Waals surface area contributed by atoms with Crippen molar-refractivity contribution >= 4 is 30.7 Å². The lowest BCUT2D eigenvalue weighted by atomic mass is 10.2. The molecule has 0 bridgehead atoms. The fourth-order valence-electron chi connectivity index (χ4n) is 1.82. The van der Waals surface area contributed by atoms with Gasteiger partial charge in [-0.2, -0.15) is 0 Å². The quantitative estimate of drug-likeness (QED) is 0.318. The van der Waals surface area contributed by atoms with Crippen molar-refractivity contribution in [2.45, 2.75) is 38.5 Å². The van der Waals surface area contributed by atoms with Gasteiger partial charge in [-0.05, 0) is 24.8 Å². The summed E-state index contributed by atoms with van der Waals surface area (Å²) in [4.78, 5) is 0. The third-order valence-corrected chi connectivity index (χ3v) is 4.91. The van der Waals surface area contributed by atoms with E-state index in [0.29, 0.717) is 0 Å². The molecule has 0 aromatic carbocycles. The van der Waals surface area contributed by atoms with E-state index in [-0.39, 0.29) is 0 Å². The molecule has 0 amide bonds. The van der Waals surface area contributed by atoms with Crippen LogP contribution in [0.2, 0.25) is 25.7 Å². The van der Waals surface area contributed by atoms with Gasteiger partial charge in [0.05, 0.1) is 0 Å². The van der Waals surface area contributed by atoms with Gasteiger partial charge in [-0.3, -0.25) is 0 Å². The standard InChI is InChI=1S/C10H19ISi/c1-12(2,3)8-10-5-4-9(6-10)7-11/h6,9H,4-5,7-8H2,1-3H3. The molecule has 0 fully saturated rings. The van der Waals surface area contributed by atoms with Gasteiger partial charge in [0, 0.05) is 12.5 Å². The van der Waals surface area contributed by atoms with Crippen LogP contribution in [0.1, 0.15) is 12.8 Å². The lowest BCUT2D eigenvalue weighted by Gasteiger charge is -2.15. The Bertz CT molecular complexity index is 179. The second kappa shape index (κ2) is 4.27. The van der Waals surface area contributed by atoms with Crippen LogP contribution in [0.15, 0.2) is 11.6 Å². The zero-order valence-corrected chi connectivity index (χ0v) is 11.5. The summed E-state index contributed by atoms with van der Waals surface area (Å²) < 4.78 is 1.31. The lowest BCUT2D eigenvalue weighted by molar-refractivity contribution is 0.717. The Morgan fingerprint density at radius 3 is 2.58 bits per heavy atom. The third kappa shape index (κ3) is 3.60. The van der Waals surface area contributed by atoms with Crippen LogP contribution in [0.4, 0.5) is 0 Å². The first-order valence-corrected chi connectivity index (χ1v) is 10.00. The minimum absolute atomic E-state index is 0.835. The molecule has 0 saturated carbocycles. The second-order valence-corrected chi connectivity index (χ2v) is 11.4. The van der Waals surface area contributed by atoms with Gasteiger partial charge >= 0.3 is 0 Å². The SMILES string of the molecule is C[Si](C)(C)CC1=CC(CI)CC1. The van der Waals surface area contributed by atoms with Crippen molar-refractivity contribution in [3.8, 4) is 0 Å². The van der Waals surface area contributed by atoms with E-state index < -0.39 is 8.07 Å². The maximum Gasteiger partial charge on any atom is 0.0483 e. The molecular formula is C10H19ISi. The highest BCUT2D eigenvalue weighted by atomic mass is 127. The summed E-state index contributed by atoms with van der Waals surface area (Å²) in [5.41, 5.74) is 1.76. The minimum atomic E-state index is -0.835. The molecule has 0 N–H and O–H groups in total. The van der Waals surface area contributed by atoms with Gasteiger partial charge in [-0.15, -0.1) is 0 Å². The Hall–Kier alpha value is 0.687. The average Bonchev–Trinajstić information content (AvgIpc) is 2.32. The third-order valence-electron chi connectivity index (χ3n) is 2.26. The maximum absolute atomic E-state index is 2.55. The molecule has 1 atom stereocenters. The Labute approximate surface area is 91.0 Å². The van der Waals surface area contributed by atoms with Crippen molar-refractivity contribution in [1.29, 1.82) is 0 Å². The highest BCUT2D eigenvalue weighted by molar-refractivity contribution is 14.1. The Morgan fingerprint density at radius 2 is 2.17 bits per heavy atom. The number of rotatable bonds is 3. The van der Waals surface area contributed by atoms with Crippen molar-refractivity contribution in [2.75, 3.05) is 4.43 Å². The van der Waals surface area contributed by atoms with Crippen LogP contribution < -0.4 is 0 Å². The minimum Gasteiger partial charge on any atom is -0.0857 e. The highest BCUT2D eigenvalue weighted by Gasteiger charge is 2.20. The first-order valence-electron chi connectivity index (χ1n) is 4.77. The second-order valence-electron chi connectivity index (χ2n) is 5.02. The number of alkyl halides is 1. The topological polar surface area (TPSA) is 0 Å². The van der Waals surface area contributed by atoms with Crippen LogP contribution in [0.25, 0.3) is 0 Å². The summed E-state index contributed by atoms with van der Waals surface area (Å²) in [6.07, 6.45) is 5.35. The van der Waals surface area contributed by atoms with E-state index in [1.807, 2.05) is 0 Å². The molecule has 1 aliphatic carbocycles. The number of hydrogen-bond acceptors (Lipinski definition) is 0. The van der Waals surface area contributed by atoms with Crippen LogP contribution in [0.5, 0.6) is 0 Å². The summed E-state index contributed by atoms with van der Waals surface area (Å²) in [7, 11) is -0.835. The van der Waals surface area contributed by atoms with Crippen LogP contribution in [0, 0.1) is 5.92 Å². The van der Waals surface area contributed by atoms with E-state index in [1.165, 1.54) is 23.3 Å². The maximum atomic E-state index is 2.55. The average molecular weight is 294 g/mol. The Balaban J connectivity index is 2.45. The van der Waals surface area contributed by atoms with Crippen LogP contribution in [-0.4, -0.2) is 12.5 Å². The summed E-state index contributed by atoms with van der Waals surface area (Å²) in [5, 5.41) is 0. The molecule has 0 nitrogen and oxygen atoms in total. The first kappa shape index (κ1) is 10.8. The molecular weight excluding hydrogens is 275 g/mol. The van der Waals surface area contributed by atoms with Gasteiger partial charge in [0.2, 0.25) is 0 Å². The zero-order chi connectivity index (χ0) is 9.19. The van der Waals surface area contributed by atoms with Gasteiger partial charge in [-0.1, -0.05) is 53.9 Å². The smallest absolute Gasteiger partial charge is 0.0483 e. The van der Waals surface area contributed by atoms with Gasteiger partial charge in [0.25, 0.3) is 0 Å². The van der Waals surface area contributed by atoms with E-state index >= 15 is 0 Å². The van der Waals surface area contributed by atoms with E-state index in [1.54, 1.807) is 5.57 Å². The van der Waals surface area contributed by atoms with Crippen LogP contribution in [-0.2, 0) is 0 Å². The summed E-state index contributed by atoms with van der Waals surface area (Å²) in [5.74, 6) is 0.900. The molecule has 0 aliphatic heterocycles. The summed E-state index contributed by atoms with van der Waals surface area (Å²) in [6, 6.07) is 1.43. The lowest BCUT2D eigenvalue weighted by Crippen LogP contribution is -2.19. The predicted molar refractivity (Wildman–Crippen MR) is 67.8 cm³/mol. The van der Waals surface area contributed by atoms with Gasteiger partial charge in [0.15, 0.2) is 0 Å². The molecule has 0 aromatic rings. The fraction of sp³-hybridized carbons (Fsp3) is 0.800. The van der Waals surface area contributed by atoms with Crippen molar-refractivity contribution < 1.29 is 0 Å². The Morgan fingerprint density at radius 1 is 1.50 bits per heavy atom. The monoisotopic (exact) mass is 294 g/mol. The van der Waals surface area contributed by atoms with Gasteiger partial charge < -0.3 is 0 Å². The molecule has 12 heavy (non-hydrogen) atoms. The summed E-state index contributed by atoms with van der Waals surface area (Å²) >= 11 is 2.50. The molecule has 70 valence electrons.